The largest absolute Gasteiger partial charge is 0.354 e. The lowest BCUT2D eigenvalue weighted by Crippen LogP contribution is -2.29. The van der Waals surface area contributed by atoms with Crippen molar-refractivity contribution in [3.63, 3.8) is 0 Å². The monoisotopic (exact) mass is 269 g/mol. The normalized spacial score (nSPS) is 14.6. The molecule has 1 aromatic rings. The topological polar surface area (TPSA) is 53.9 Å². The second-order valence-electron chi connectivity index (χ2n) is 4.65. The van der Waals surface area contributed by atoms with Crippen molar-refractivity contribution in [2.75, 3.05) is 29.9 Å². The Kier molecular flexibility index (Phi) is 4.58. The molecule has 0 atom stereocenters. The maximum Gasteiger partial charge on any atom is 0.231 e. The van der Waals surface area contributed by atoms with Gasteiger partial charge in [0.05, 0.1) is 0 Å². The minimum atomic E-state index is 0.257. The molecule has 0 radical (unpaired) electrons. The van der Waals surface area contributed by atoms with E-state index in [0.717, 1.165) is 32.0 Å². The summed E-state index contributed by atoms with van der Waals surface area (Å²) >= 11 is 5.95. The van der Waals surface area contributed by atoms with Gasteiger partial charge in [0.1, 0.15) is 0 Å². The smallest absolute Gasteiger partial charge is 0.231 e. The maximum atomic E-state index is 5.95. The quantitative estimate of drug-likeness (QED) is 0.825. The Balaban J connectivity index is 2.15. The van der Waals surface area contributed by atoms with Crippen molar-refractivity contribution in [3.8, 4) is 0 Å². The molecule has 0 aliphatic heterocycles. The van der Waals surface area contributed by atoms with Crippen molar-refractivity contribution < 1.29 is 0 Å². The SMILES string of the molecule is CCCN(CC1CC1)c1nc(Cl)nc(NCC)n1. The standard InChI is InChI=1S/C12H20ClN5/c1-3-7-18(8-9-5-6-9)12-16-10(13)15-11(17-12)14-4-2/h9H,3-8H2,1-2H3,(H,14,15,16,17). The van der Waals surface area contributed by atoms with Crippen LogP contribution in [0.1, 0.15) is 33.1 Å². The van der Waals surface area contributed by atoms with Crippen molar-refractivity contribution in [1.29, 1.82) is 0 Å². The van der Waals surface area contributed by atoms with Crippen LogP contribution in [0.5, 0.6) is 0 Å². The molecule has 1 aromatic heterocycles. The molecule has 1 N–H and O–H groups in total. The number of nitrogens with zero attached hydrogens (tertiary/aromatic N) is 4. The minimum Gasteiger partial charge on any atom is -0.354 e. The molecule has 0 amide bonds. The van der Waals surface area contributed by atoms with Gasteiger partial charge in [0.2, 0.25) is 17.2 Å². The third kappa shape index (κ3) is 3.70. The first kappa shape index (κ1) is 13.3. The summed E-state index contributed by atoms with van der Waals surface area (Å²) in [6.45, 7) is 6.93. The minimum absolute atomic E-state index is 0.257. The molecule has 1 heterocycles. The first-order valence-corrected chi connectivity index (χ1v) is 7.01. The van der Waals surface area contributed by atoms with Crippen molar-refractivity contribution in [3.05, 3.63) is 5.28 Å². The average molecular weight is 270 g/mol. The molecular formula is C12H20ClN5. The molecule has 0 unspecified atom stereocenters. The highest BCUT2D eigenvalue weighted by atomic mass is 35.5. The zero-order valence-electron chi connectivity index (χ0n) is 11.0. The number of hydrogen-bond donors (Lipinski definition) is 1. The van der Waals surface area contributed by atoms with Gasteiger partial charge in [-0.1, -0.05) is 6.92 Å². The van der Waals surface area contributed by atoms with E-state index in [-0.39, 0.29) is 5.28 Å². The van der Waals surface area contributed by atoms with Crippen LogP contribution < -0.4 is 10.2 Å². The van der Waals surface area contributed by atoms with Crippen LogP contribution in [0.3, 0.4) is 0 Å². The molecule has 5 nitrogen and oxygen atoms in total. The first-order valence-electron chi connectivity index (χ1n) is 6.63. The molecule has 6 heteroatoms. The van der Waals surface area contributed by atoms with E-state index in [1.807, 2.05) is 6.92 Å². The number of halogens is 1. The summed E-state index contributed by atoms with van der Waals surface area (Å²) in [5, 5.41) is 3.34. The lowest BCUT2D eigenvalue weighted by atomic mass is 10.3. The number of aromatic nitrogens is 3. The van der Waals surface area contributed by atoms with Crippen LogP contribution in [0.15, 0.2) is 0 Å². The van der Waals surface area contributed by atoms with Crippen LogP contribution in [0.4, 0.5) is 11.9 Å². The summed E-state index contributed by atoms with van der Waals surface area (Å²) in [4.78, 5) is 15.0. The molecule has 18 heavy (non-hydrogen) atoms. The number of nitrogens with one attached hydrogen (secondary N) is 1. The van der Waals surface area contributed by atoms with Crippen molar-refractivity contribution in [1.82, 2.24) is 15.0 Å². The highest BCUT2D eigenvalue weighted by molar-refractivity contribution is 6.28. The fourth-order valence-corrected chi connectivity index (χ4v) is 2.03. The van der Waals surface area contributed by atoms with Gasteiger partial charge in [-0.15, -0.1) is 0 Å². The Morgan fingerprint density at radius 2 is 2.06 bits per heavy atom. The maximum absolute atomic E-state index is 5.95. The Hall–Kier alpha value is -1.10. The number of rotatable bonds is 7. The molecule has 1 fully saturated rings. The van der Waals surface area contributed by atoms with E-state index in [1.54, 1.807) is 0 Å². The highest BCUT2D eigenvalue weighted by Gasteiger charge is 2.25. The van der Waals surface area contributed by atoms with Gasteiger partial charge in [-0.05, 0) is 43.7 Å². The second-order valence-corrected chi connectivity index (χ2v) is 4.99. The summed E-state index contributed by atoms with van der Waals surface area (Å²) in [7, 11) is 0. The highest BCUT2D eigenvalue weighted by Crippen LogP contribution is 2.31. The fourth-order valence-electron chi connectivity index (χ4n) is 1.87. The van der Waals surface area contributed by atoms with E-state index >= 15 is 0 Å². The van der Waals surface area contributed by atoms with Crippen LogP contribution in [-0.2, 0) is 0 Å². The summed E-state index contributed by atoms with van der Waals surface area (Å²) < 4.78 is 0. The molecule has 2 rings (SSSR count). The molecule has 0 aromatic carbocycles. The fraction of sp³-hybridized carbons (Fsp3) is 0.750. The molecule has 100 valence electrons. The lowest BCUT2D eigenvalue weighted by Gasteiger charge is -2.22. The Labute approximate surface area is 113 Å². The Morgan fingerprint density at radius 3 is 2.67 bits per heavy atom. The average Bonchev–Trinajstić information content (AvgIpc) is 3.12. The van der Waals surface area contributed by atoms with Gasteiger partial charge in [-0.3, -0.25) is 0 Å². The van der Waals surface area contributed by atoms with E-state index in [9.17, 15) is 0 Å². The molecular weight excluding hydrogens is 250 g/mol. The van der Waals surface area contributed by atoms with Gasteiger partial charge in [0.25, 0.3) is 0 Å². The van der Waals surface area contributed by atoms with Gasteiger partial charge < -0.3 is 10.2 Å². The van der Waals surface area contributed by atoms with Gasteiger partial charge in [-0.2, -0.15) is 15.0 Å². The van der Waals surface area contributed by atoms with Crippen LogP contribution in [0.2, 0.25) is 5.28 Å². The predicted octanol–water partition coefficient (Wildman–Crippen LogP) is 2.58. The van der Waals surface area contributed by atoms with Crippen molar-refractivity contribution in [2.45, 2.75) is 33.1 Å². The first-order chi connectivity index (χ1) is 8.72. The van der Waals surface area contributed by atoms with Crippen LogP contribution >= 0.6 is 11.6 Å². The molecule has 1 aliphatic rings. The third-order valence-corrected chi connectivity index (χ3v) is 3.05. The van der Waals surface area contributed by atoms with E-state index in [1.165, 1.54) is 12.8 Å². The predicted molar refractivity (Wildman–Crippen MR) is 74.2 cm³/mol. The summed E-state index contributed by atoms with van der Waals surface area (Å²) in [6.07, 6.45) is 3.71. The van der Waals surface area contributed by atoms with Crippen molar-refractivity contribution >= 4 is 23.5 Å². The Bertz CT molecular complexity index is 394. The van der Waals surface area contributed by atoms with E-state index in [2.05, 4.69) is 32.1 Å². The molecule has 1 aliphatic carbocycles. The Morgan fingerprint density at radius 1 is 1.28 bits per heavy atom. The van der Waals surface area contributed by atoms with Gasteiger partial charge in [-0.25, -0.2) is 0 Å². The second kappa shape index (κ2) is 6.18. The zero-order chi connectivity index (χ0) is 13.0. The van der Waals surface area contributed by atoms with Gasteiger partial charge in [0, 0.05) is 19.6 Å². The lowest BCUT2D eigenvalue weighted by molar-refractivity contribution is 0.686. The van der Waals surface area contributed by atoms with E-state index < -0.39 is 0 Å². The van der Waals surface area contributed by atoms with Gasteiger partial charge in [0.15, 0.2) is 0 Å². The van der Waals surface area contributed by atoms with Crippen LogP contribution in [0.25, 0.3) is 0 Å². The van der Waals surface area contributed by atoms with E-state index in [0.29, 0.717) is 11.9 Å². The summed E-state index contributed by atoms with van der Waals surface area (Å²) in [6, 6.07) is 0. The van der Waals surface area contributed by atoms with Crippen LogP contribution in [-0.4, -0.2) is 34.6 Å². The van der Waals surface area contributed by atoms with Crippen molar-refractivity contribution in [2.24, 2.45) is 5.92 Å². The summed E-state index contributed by atoms with van der Waals surface area (Å²) in [5.74, 6) is 2.05. The number of hydrogen-bond acceptors (Lipinski definition) is 5. The molecule has 0 spiro atoms. The molecule has 1 saturated carbocycles. The van der Waals surface area contributed by atoms with E-state index in [4.69, 9.17) is 11.6 Å². The van der Waals surface area contributed by atoms with Crippen LogP contribution in [0, 0.1) is 5.92 Å². The summed E-state index contributed by atoms with van der Waals surface area (Å²) in [5.41, 5.74) is 0. The zero-order valence-corrected chi connectivity index (χ0v) is 11.7. The number of anilines is 2. The molecule has 0 bridgehead atoms. The van der Waals surface area contributed by atoms with Gasteiger partial charge >= 0.3 is 0 Å². The molecule has 0 saturated heterocycles. The third-order valence-electron chi connectivity index (χ3n) is 2.88.